The lowest BCUT2D eigenvalue weighted by Crippen LogP contribution is -2.15. The maximum atomic E-state index is 12.6. The van der Waals surface area contributed by atoms with Gasteiger partial charge in [0, 0.05) is 4.47 Å². The van der Waals surface area contributed by atoms with E-state index in [0.717, 1.165) is 6.07 Å². The Bertz CT molecular complexity index is 413. The normalized spacial score (nSPS) is 11.5. The number of aromatic carboxylic acids is 1. The van der Waals surface area contributed by atoms with E-state index in [0.29, 0.717) is 0 Å². The fourth-order valence-corrected chi connectivity index (χ4v) is 1.56. The van der Waals surface area contributed by atoms with Crippen LogP contribution in [0.5, 0.6) is 0 Å². The molecule has 0 amide bonds. The summed E-state index contributed by atoms with van der Waals surface area (Å²) in [6, 6.07) is 2.22. The molecule has 6 heteroatoms. The van der Waals surface area contributed by atoms with E-state index in [1.165, 1.54) is 13.0 Å². The van der Waals surface area contributed by atoms with E-state index in [1.807, 2.05) is 0 Å². The summed E-state index contributed by atoms with van der Waals surface area (Å²) in [6.07, 6.45) is -4.67. The molecule has 0 fully saturated rings. The Balaban J connectivity index is 3.57. The van der Waals surface area contributed by atoms with Crippen LogP contribution in [0.4, 0.5) is 13.2 Å². The Morgan fingerprint density at radius 1 is 1.40 bits per heavy atom. The Morgan fingerprint density at radius 3 is 2.33 bits per heavy atom. The maximum absolute atomic E-state index is 12.6. The van der Waals surface area contributed by atoms with Gasteiger partial charge in [-0.05, 0) is 24.6 Å². The molecule has 0 aliphatic carbocycles. The minimum atomic E-state index is -4.67. The highest BCUT2D eigenvalue weighted by molar-refractivity contribution is 9.10. The molecule has 0 heterocycles. The Labute approximate surface area is 91.8 Å². The van der Waals surface area contributed by atoms with Crippen LogP contribution in [0, 0.1) is 6.92 Å². The maximum Gasteiger partial charge on any atom is 0.417 e. The molecule has 0 atom stereocenters. The molecule has 82 valence electrons. The SMILES string of the molecule is Cc1c(Br)ccc(C(=O)O)c1C(F)(F)F. The second-order valence-electron chi connectivity index (χ2n) is 2.90. The summed E-state index contributed by atoms with van der Waals surface area (Å²) in [5, 5.41) is 8.63. The number of carboxylic acids is 1. The second kappa shape index (κ2) is 3.84. The fraction of sp³-hybridized carbons (Fsp3) is 0.222. The Hall–Kier alpha value is -1.04. The van der Waals surface area contributed by atoms with Crippen molar-refractivity contribution in [2.24, 2.45) is 0 Å². The van der Waals surface area contributed by atoms with Crippen molar-refractivity contribution in [2.45, 2.75) is 13.1 Å². The molecular weight excluding hydrogens is 277 g/mol. The number of hydrogen-bond donors (Lipinski definition) is 1. The quantitative estimate of drug-likeness (QED) is 0.856. The number of rotatable bonds is 1. The van der Waals surface area contributed by atoms with Gasteiger partial charge in [0.15, 0.2) is 0 Å². The first-order valence-electron chi connectivity index (χ1n) is 3.84. The van der Waals surface area contributed by atoms with Gasteiger partial charge in [0.25, 0.3) is 0 Å². The van der Waals surface area contributed by atoms with Crippen LogP contribution in [0.25, 0.3) is 0 Å². The van der Waals surface area contributed by atoms with Gasteiger partial charge in [-0.3, -0.25) is 0 Å². The van der Waals surface area contributed by atoms with Crippen LogP contribution in [0.2, 0.25) is 0 Å². The summed E-state index contributed by atoms with van der Waals surface area (Å²) in [5.41, 5.74) is -1.96. The zero-order chi connectivity index (χ0) is 11.8. The van der Waals surface area contributed by atoms with Crippen molar-refractivity contribution in [1.29, 1.82) is 0 Å². The van der Waals surface area contributed by atoms with Crippen molar-refractivity contribution in [2.75, 3.05) is 0 Å². The van der Waals surface area contributed by atoms with Crippen molar-refractivity contribution in [3.8, 4) is 0 Å². The van der Waals surface area contributed by atoms with Gasteiger partial charge < -0.3 is 5.11 Å². The van der Waals surface area contributed by atoms with Crippen LogP contribution in [0.1, 0.15) is 21.5 Å². The molecule has 1 aromatic rings. The van der Waals surface area contributed by atoms with Crippen molar-refractivity contribution in [3.05, 3.63) is 33.3 Å². The van der Waals surface area contributed by atoms with Crippen LogP contribution < -0.4 is 0 Å². The molecule has 2 nitrogen and oxygen atoms in total. The van der Waals surface area contributed by atoms with Crippen molar-refractivity contribution in [1.82, 2.24) is 0 Å². The van der Waals surface area contributed by atoms with E-state index < -0.39 is 23.3 Å². The summed E-state index contributed by atoms with van der Waals surface area (Å²) in [5.74, 6) is -1.59. The standard InChI is InChI=1S/C9H6BrF3O2/c1-4-6(10)3-2-5(8(14)15)7(4)9(11,12)13/h2-3H,1H3,(H,14,15). The van der Waals surface area contributed by atoms with E-state index in [4.69, 9.17) is 5.11 Å². The van der Waals surface area contributed by atoms with E-state index >= 15 is 0 Å². The van der Waals surface area contributed by atoms with Gasteiger partial charge in [0.1, 0.15) is 0 Å². The third kappa shape index (κ3) is 2.31. The fourth-order valence-electron chi connectivity index (χ4n) is 1.23. The molecule has 0 aliphatic rings. The summed E-state index contributed by atoms with van der Waals surface area (Å²) >= 11 is 2.93. The van der Waals surface area contributed by atoms with Crippen LogP contribution in [-0.4, -0.2) is 11.1 Å². The number of carbonyl (C=O) groups is 1. The lowest BCUT2D eigenvalue weighted by molar-refractivity contribution is -0.138. The summed E-state index contributed by atoms with van der Waals surface area (Å²) < 4.78 is 37.9. The summed E-state index contributed by atoms with van der Waals surface area (Å²) in [6.45, 7) is 1.22. The summed E-state index contributed by atoms with van der Waals surface area (Å²) in [7, 11) is 0. The highest BCUT2D eigenvalue weighted by atomic mass is 79.9. The monoisotopic (exact) mass is 282 g/mol. The van der Waals surface area contributed by atoms with Crippen molar-refractivity contribution >= 4 is 21.9 Å². The largest absolute Gasteiger partial charge is 0.478 e. The molecule has 0 spiro atoms. The first-order valence-corrected chi connectivity index (χ1v) is 4.64. The predicted octanol–water partition coefficient (Wildman–Crippen LogP) is 3.47. The number of alkyl halides is 3. The third-order valence-corrected chi connectivity index (χ3v) is 2.77. The predicted molar refractivity (Wildman–Crippen MR) is 50.8 cm³/mol. The second-order valence-corrected chi connectivity index (χ2v) is 3.75. The average molecular weight is 283 g/mol. The zero-order valence-corrected chi connectivity index (χ0v) is 9.11. The van der Waals surface area contributed by atoms with E-state index in [-0.39, 0.29) is 10.0 Å². The van der Waals surface area contributed by atoms with Gasteiger partial charge in [0.2, 0.25) is 0 Å². The Kier molecular flexibility index (Phi) is 3.08. The van der Waals surface area contributed by atoms with Crippen molar-refractivity contribution < 1.29 is 23.1 Å². The Morgan fingerprint density at radius 2 is 1.93 bits per heavy atom. The number of halogens is 4. The van der Waals surface area contributed by atoms with Gasteiger partial charge in [-0.2, -0.15) is 13.2 Å². The van der Waals surface area contributed by atoms with Crippen LogP contribution in [-0.2, 0) is 6.18 Å². The molecule has 0 saturated carbocycles. The number of benzene rings is 1. The molecular formula is C9H6BrF3O2. The minimum absolute atomic E-state index is 0.123. The zero-order valence-electron chi connectivity index (χ0n) is 7.52. The molecule has 0 unspecified atom stereocenters. The topological polar surface area (TPSA) is 37.3 Å². The molecule has 0 saturated heterocycles. The molecule has 1 N–H and O–H groups in total. The van der Waals surface area contributed by atoms with Crippen LogP contribution >= 0.6 is 15.9 Å². The molecule has 0 bridgehead atoms. The minimum Gasteiger partial charge on any atom is -0.478 e. The lowest BCUT2D eigenvalue weighted by Gasteiger charge is -2.14. The molecule has 0 aliphatic heterocycles. The molecule has 1 rings (SSSR count). The average Bonchev–Trinajstić information content (AvgIpc) is 2.06. The van der Waals surface area contributed by atoms with E-state index in [2.05, 4.69) is 15.9 Å². The number of carboxylic acid groups (broad SMARTS) is 1. The van der Waals surface area contributed by atoms with Gasteiger partial charge in [-0.1, -0.05) is 15.9 Å². The molecule has 0 aromatic heterocycles. The first kappa shape index (κ1) is 12.0. The van der Waals surface area contributed by atoms with Crippen LogP contribution in [0.3, 0.4) is 0 Å². The van der Waals surface area contributed by atoms with Crippen molar-refractivity contribution in [3.63, 3.8) is 0 Å². The smallest absolute Gasteiger partial charge is 0.417 e. The molecule has 15 heavy (non-hydrogen) atoms. The highest BCUT2D eigenvalue weighted by Crippen LogP contribution is 2.37. The van der Waals surface area contributed by atoms with E-state index in [9.17, 15) is 18.0 Å². The van der Waals surface area contributed by atoms with E-state index in [1.54, 1.807) is 0 Å². The first-order chi connectivity index (χ1) is 6.75. The summed E-state index contributed by atoms with van der Waals surface area (Å²) in [4.78, 5) is 10.6. The van der Waals surface area contributed by atoms with Gasteiger partial charge in [0.05, 0.1) is 11.1 Å². The lowest BCUT2D eigenvalue weighted by atomic mass is 10.0. The van der Waals surface area contributed by atoms with Crippen LogP contribution in [0.15, 0.2) is 16.6 Å². The molecule has 0 radical (unpaired) electrons. The van der Waals surface area contributed by atoms with Gasteiger partial charge in [-0.15, -0.1) is 0 Å². The molecule has 1 aromatic carbocycles. The van der Waals surface area contributed by atoms with Gasteiger partial charge in [-0.25, -0.2) is 4.79 Å². The third-order valence-electron chi connectivity index (χ3n) is 1.91. The van der Waals surface area contributed by atoms with Gasteiger partial charge >= 0.3 is 12.1 Å². The number of hydrogen-bond acceptors (Lipinski definition) is 1. The highest BCUT2D eigenvalue weighted by Gasteiger charge is 2.37.